The summed E-state index contributed by atoms with van der Waals surface area (Å²) in [6.45, 7) is 7.00. The number of halogens is 3. The summed E-state index contributed by atoms with van der Waals surface area (Å²) in [7, 11) is 2.74. The molecule has 17 heteroatoms. The van der Waals surface area contributed by atoms with Crippen LogP contribution in [0.2, 0.25) is 0 Å². The van der Waals surface area contributed by atoms with Gasteiger partial charge in [0.25, 0.3) is 0 Å². The molecular formula is C26H31BrI2N8O4S2. The second-order valence-electron chi connectivity index (χ2n) is 9.25. The van der Waals surface area contributed by atoms with E-state index in [1.165, 1.54) is 37.7 Å². The quantitative estimate of drug-likeness (QED) is 0.0751. The Hall–Kier alpha value is -1.84. The molecule has 4 aromatic rings. The summed E-state index contributed by atoms with van der Waals surface area (Å²) in [5.74, 6) is -0.599. The number of rotatable bonds is 7. The smallest absolute Gasteiger partial charge is 0.333 e. The van der Waals surface area contributed by atoms with Crippen LogP contribution >= 0.6 is 84.6 Å². The minimum Gasteiger partial charge on any atom is -0.468 e. The number of thioether (sulfide) groups is 2. The molecule has 0 amide bonds. The first-order valence-electron chi connectivity index (χ1n) is 12.2. The molecule has 0 aliphatic rings. The molecule has 0 saturated carbocycles. The van der Waals surface area contributed by atoms with E-state index in [1.54, 1.807) is 51.0 Å². The maximum atomic E-state index is 11.9. The van der Waals surface area contributed by atoms with E-state index in [0.717, 1.165) is 35.1 Å². The van der Waals surface area contributed by atoms with E-state index in [4.69, 9.17) is 4.74 Å². The fourth-order valence-corrected chi connectivity index (χ4v) is 5.10. The first kappa shape index (κ1) is 37.3. The molecular weight excluding hydrogens is 886 g/mol. The molecule has 1 N–H and O–H groups in total. The van der Waals surface area contributed by atoms with Crippen molar-refractivity contribution in [3.8, 4) is 22.5 Å². The lowest BCUT2D eigenvalue weighted by Crippen LogP contribution is -2.37. The number of alkyl halides is 1. The number of methoxy groups -OCH3 is 2. The Bertz CT molecular complexity index is 1530. The topological polar surface area (TPSA) is 151 Å². The van der Waals surface area contributed by atoms with Gasteiger partial charge in [0.05, 0.1) is 42.9 Å². The molecule has 0 aromatic carbocycles. The van der Waals surface area contributed by atoms with Gasteiger partial charge in [-0.1, -0.05) is 39.5 Å². The maximum absolute atomic E-state index is 11.9. The van der Waals surface area contributed by atoms with Crippen molar-refractivity contribution in [1.82, 2.24) is 39.9 Å². The molecule has 0 saturated heterocycles. The molecule has 0 atom stereocenters. The number of hydrogen-bond donors (Lipinski definition) is 1. The number of ether oxygens (including phenoxy) is 2. The molecule has 0 unspecified atom stereocenters. The average molecular weight is 917 g/mol. The van der Waals surface area contributed by atoms with Crippen molar-refractivity contribution in [2.45, 2.75) is 47.9 Å². The number of nitrogens with zero attached hydrogens (tertiary/aromatic N) is 7. The average Bonchev–Trinajstić information content (AvgIpc) is 3.62. The zero-order valence-electron chi connectivity index (χ0n) is 24.7. The van der Waals surface area contributed by atoms with Crippen LogP contribution in [0.25, 0.3) is 22.5 Å². The Morgan fingerprint density at radius 3 is 1.81 bits per heavy atom. The third kappa shape index (κ3) is 10.6. The Labute approximate surface area is 294 Å². The summed E-state index contributed by atoms with van der Waals surface area (Å²) in [6.07, 6.45) is 10.9. The van der Waals surface area contributed by atoms with Crippen LogP contribution in [0.1, 0.15) is 27.7 Å². The van der Waals surface area contributed by atoms with Crippen LogP contribution in [0.4, 0.5) is 0 Å². The number of hydrogen-bond acceptors (Lipinski definition) is 12. The van der Waals surface area contributed by atoms with Crippen LogP contribution in [0, 0.1) is 7.40 Å². The highest BCUT2D eigenvalue weighted by Crippen LogP contribution is 2.27. The summed E-state index contributed by atoms with van der Waals surface area (Å²) in [6, 6.07) is 3.71. The van der Waals surface area contributed by atoms with E-state index < -0.39 is 9.86 Å². The number of nitrogens with one attached hydrogen (secondary N) is 1. The molecule has 4 heterocycles. The molecule has 43 heavy (non-hydrogen) atoms. The number of aromatic amines is 1. The Kier molecular flexibility index (Phi) is 14.8. The maximum Gasteiger partial charge on any atom is 0.333 e. The minimum atomic E-state index is -0.873. The minimum absolute atomic E-state index is 0.252. The largest absolute Gasteiger partial charge is 0.468 e. The molecule has 0 fully saturated rings. The van der Waals surface area contributed by atoms with E-state index in [9.17, 15) is 9.59 Å². The molecule has 4 rings (SSSR count). The monoisotopic (exact) mass is 916 g/mol. The lowest BCUT2D eigenvalue weighted by atomic mass is 10.1. The second kappa shape index (κ2) is 17.0. The first-order valence-corrected chi connectivity index (χ1v) is 17.6. The Balaban J connectivity index is 0.000000252. The van der Waals surface area contributed by atoms with Gasteiger partial charge in [-0.2, -0.15) is 10.2 Å². The van der Waals surface area contributed by atoms with Gasteiger partial charge in [-0.15, -0.1) is 0 Å². The van der Waals surface area contributed by atoms with Crippen molar-refractivity contribution in [3.05, 3.63) is 44.3 Å². The first-order chi connectivity index (χ1) is 20.2. The van der Waals surface area contributed by atoms with E-state index in [-0.39, 0.29) is 11.9 Å². The van der Waals surface area contributed by atoms with Gasteiger partial charge in [0.15, 0.2) is 15.9 Å². The lowest BCUT2D eigenvalue weighted by molar-refractivity contribution is -0.150. The van der Waals surface area contributed by atoms with Crippen LogP contribution < -0.4 is 0 Å². The zero-order valence-corrected chi connectivity index (χ0v) is 32.2. The van der Waals surface area contributed by atoms with E-state index in [2.05, 4.69) is 101 Å². The van der Waals surface area contributed by atoms with Gasteiger partial charge in [0.1, 0.15) is 11.7 Å². The van der Waals surface area contributed by atoms with Crippen molar-refractivity contribution in [2.75, 3.05) is 26.7 Å². The van der Waals surface area contributed by atoms with Crippen molar-refractivity contribution in [1.29, 1.82) is 0 Å². The van der Waals surface area contributed by atoms with Gasteiger partial charge >= 0.3 is 11.9 Å². The highest BCUT2D eigenvalue weighted by atomic mass is 127. The van der Waals surface area contributed by atoms with Crippen molar-refractivity contribution in [2.24, 2.45) is 0 Å². The predicted molar refractivity (Wildman–Crippen MR) is 188 cm³/mol. The molecule has 12 nitrogen and oxygen atoms in total. The zero-order chi connectivity index (χ0) is 32.4. The molecule has 0 aliphatic carbocycles. The van der Waals surface area contributed by atoms with Crippen molar-refractivity contribution in [3.63, 3.8) is 0 Å². The lowest BCUT2D eigenvalue weighted by Gasteiger charge is -2.21. The molecule has 0 radical (unpaired) electrons. The van der Waals surface area contributed by atoms with Crippen molar-refractivity contribution < 1.29 is 19.1 Å². The fraction of sp³-hybridized carbons (Fsp3) is 0.385. The summed E-state index contributed by atoms with van der Waals surface area (Å²) in [5, 5.41) is 12.7. The Morgan fingerprint density at radius 2 is 1.42 bits per heavy atom. The molecule has 0 bridgehead atoms. The van der Waals surface area contributed by atoms with Crippen LogP contribution in [-0.2, 0) is 24.6 Å². The van der Waals surface area contributed by atoms with E-state index >= 15 is 0 Å². The van der Waals surface area contributed by atoms with Gasteiger partial charge in [0, 0.05) is 18.6 Å². The Morgan fingerprint density at radius 1 is 0.907 bits per heavy atom. The van der Waals surface area contributed by atoms with E-state index in [1.807, 2.05) is 30.8 Å². The third-order valence-corrected chi connectivity index (χ3v) is 8.44. The van der Waals surface area contributed by atoms with Crippen LogP contribution in [0.5, 0.6) is 0 Å². The molecule has 232 valence electrons. The highest BCUT2D eigenvalue weighted by Gasteiger charge is 2.33. The number of carbonyl (C=O) groups is 2. The summed E-state index contributed by atoms with van der Waals surface area (Å²) in [5.41, 5.74) is 2.70. The predicted octanol–water partition coefficient (Wildman–Crippen LogP) is 6.10. The van der Waals surface area contributed by atoms with E-state index in [0.29, 0.717) is 5.16 Å². The fourth-order valence-electron chi connectivity index (χ4n) is 3.02. The van der Waals surface area contributed by atoms with Gasteiger partial charge < -0.3 is 9.47 Å². The number of H-pyrrole nitrogens is 1. The molecule has 0 spiro atoms. The van der Waals surface area contributed by atoms with Crippen molar-refractivity contribution >= 4 is 96.6 Å². The third-order valence-electron chi connectivity index (χ3n) is 5.37. The summed E-state index contributed by atoms with van der Waals surface area (Å²) < 4.78 is 12.1. The standard InChI is InChI=1S/C13H15IN4O2S.C8H7IN4S.C5H9BrO2/c1-13(2,11(19)20-3)18-7-8(10(14)17-18)9-5-6-15-12(16-9)21-4;1-14-8-10-3-2-6(12-8)5-4-11-13-7(5)9;1-5(2,6)4(7)8-3/h5-7H,1-4H3;2-4H,1H3,(H,11,13);1-3H3. The number of aromatic nitrogens is 8. The normalized spacial score (nSPS) is 11.0. The van der Waals surface area contributed by atoms with Gasteiger partial charge in [-0.3, -0.25) is 14.6 Å². The van der Waals surface area contributed by atoms with Gasteiger partial charge in [-0.05, 0) is 97.5 Å². The number of carbonyl (C=O) groups excluding carboxylic acids is 2. The van der Waals surface area contributed by atoms with Gasteiger partial charge in [0.2, 0.25) is 0 Å². The number of esters is 2. The molecule has 4 aromatic heterocycles. The molecule has 0 aliphatic heterocycles. The SMILES string of the molecule is COC(=O)C(C)(C)Br.COC(=O)C(C)(C)n1cc(-c2ccnc(SC)n2)c(I)n1.CSc1nccc(-c2cn[nH]c2I)n1. The van der Waals surface area contributed by atoms with Crippen LogP contribution in [0.3, 0.4) is 0 Å². The van der Waals surface area contributed by atoms with Crippen LogP contribution in [0.15, 0.2) is 47.2 Å². The second-order valence-corrected chi connectivity index (χ2v) is 14.9. The summed E-state index contributed by atoms with van der Waals surface area (Å²) >= 11 is 10.5. The highest BCUT2D eigenvalue weighted by molar-refractivity contribution is 14.1. The van der Waals surface area contributed by atoms with Crippen LogP contribution in [-0.4, -0.2) is 82.9 Å². The van der Waals surface area contributed by atoms with Gasteiger partial charge in [-0.25, -0.2) is 24.7 Å². The summed E-state index contributed by atoms with van der Waals surface area (Å²) in [4.78, 5) is 39.6.